The molecule has 0 atom stereocenters. The second kappa shape index (κ2) is 9.38. The molecule has 7 heteroatoms. The lowest BCUT2D eigenvalue weighted by Crippen LogP contribution is -1.95. The first kappa shape index (κ1) is 22.9. The molecule has 0 saturated carbocycles. The fraction of sp³-hybridized carbons (Fsp3) is 0.0690. The van der Waals surface area contributed by atoms with Crippen LogP contribution in [0.5, 0.6) is 11.6 Å². The van der Waals surface area contributed by atoms with E-state index in [9.17, 15) is 20.1 Å². The molecule has 0 amide bonds. The molecule has 178 valence electrons. The highest BCUT2D eigenvalue weighted by atomic mass is 16.4. The topological polar surface area (TPSA) is 107 Å². The third kappa shape index (κ3) is 4.07. The zero-order valence-corrected chi connectivity index (χ0v) is 19.5. The summed E-state index contributed by atoms with van der Waals surface area (Å²) < 4.78 is 1.72. The number of aromatic nitrogens is 1. The average Bonchev–Trinajstić information content (AvgIpc) is 3.19. The van der Waals surface area contributed by atoms with Crippen LogP contribution in [0, 0.1) is 0 Å². The Morgan fingerprint density at radius 2 is 1.61 bits per heavy atom. The van der Waals surface area contributed by atoms with E-state index in [4.69, 9.17) is 0 Å². The van der Waals surface area contributed by atoms with Crippen LogP contribution in [-0.2, 0) is 6.42 Å². The maximum absolute atomic E-state index is 11.3. The summed E-state index contributed by atoms with van der Waals surface area (Å²) in [6.45, 7) is 2.09. The number of phenolic OH excluding ortho intramolecular Hbond substituents is 1. The van der Waals surface area contributed by atoms with Gasteiger partial charge < -0.3 is 15.3 Å². The first-order valence-corrected chi connectivity index (χ1v) is 11.5. The van der Waals surface area contributed by atoms with Crippen molar-refractivity contribution < 1.29 is 20.1 Å². The van der Waals surface area contributed by atoms with Crippen LogP contribution in [0.3, 0.4) is 0 Å². The summed E-state index contributed by atoms with van der Waals surface area (Å²) in [4.78, 5) is 11.3. The number of rotatable bonds is 6. The summed E-state index contributed by atoms with van der Waals surface area (Å²) in [6, 6.07) is 26.7. The van der Waals surface area contributed by atoms with Gasteiger partial charge in [-0.25, -0.2) is 4.79 Å². The van der Waals surface area contributed by atoms with Crippen molar-refractivity contribution in [3.63, 3.8) is 0 Å². The van der Waals surface area contributed by atoms with Gasteiger partial charge in [0.1, 0.15) is 5.69 Å². The molecule has 0 aliphatic carbocycles. The first-order valence-electron chi connectivity index (χ1n) is 11.5. The molecule has 5 rings (SSSR count). The Hall–Kier alpha value is -4.91. The number of hydrogen-bond acceptors (Lipinski definition) is 5. The van der Waals surface area contributed by atoms with Gasteiger partial charge in [0.15, 0.2) is 11.4 Å². The van der Waals surface area contributed by atoms with Crippen molar-refractivity contribution in [3.05, 3.63) is 102 Å². The standard InChI is InChI=1S/C29H23N3O4/c1-2-18-13-15-21(16-14-18)32-25-12-4-3-9-23(25)26(28(32)34)31-30-24-11-6-10-22(27(24)33)19-7-5-8-20(17-19)29(35)36/h3-17,33-34H,2H2,1H3,(H,35,36). The van der Waals surface area contributed by atoms with Gasteiger partial charge >= 0.3 is 5.97 Å². The van der Waals surface area contributed by atoms with Crippen molar-refractivity contribution in [1.29, 1.82) is 0 Å². The molecule has 1 heterocycles. The molecule has 7 nitrogen and oxygen atoms in total. The number of benzene rings is 4. The Kier molecular flexibility index (Phi) is 5.96. The van der Waals surface area contributed by atoms with Crippen molar-refractivity contribution >= 4 is 28.2 Å². The monoisotopic (exact) mass is 477 g/mol. The molecule has 0 bridgehead atoms. The van der Waals surface area contributed by atoms with Crippen molar-refractivity contribution in [2.24, 2.45) is 10.2 Å². The van der Waals surface area contributed by atoms with Gasteiger partial charge in [0.2, 0.25) is 5.88 Å². The summed E-state index contributed by atoms with van der Waals surface area (Å²) in [5, 5.41) is 40.6. The molecule has 3 N–H and O–H groups in total. The number of aryl methyl sites for hydroxylation is 1. The lowest BCUT2D eigenvalue weighted by atomic mass is 10.0. The third-order valence-corrected chi connectivity index (χ3v) is 6.12. The second-order valence-electron chi connectivity index (χ2n) is 8.30. The van der Waals surface area contributed by atoms with Crippen LogP contribution in [0.15, 0.2) is 101 Å². The van der Waals surface area contributed by atoms with Gasteiger partial charge in [-0.1, -0.05) is 61.5 Å². The van der Waals surface area contributed by atoms with Gasteiger partial charge in [-0.2, -0.15) is 0 Å². The molecule has 0 saturated heterocycles. The molecule has 1 aromatic heterocycles. The second-order valence-corrected chi connectivity index (χ2v) is 8.30. The first-order chi connectivity index (χ1) is 17.5. The van der Waals surface area contributed by atoms with E-state index < -0.39 is 5.97 Å². The minimum atomic E-state index is -1.05. The number of aromatic hydroxyl groups is 2. The van der Waals surface area contributed by atoms with Crippen molar-refractivity contribution in [2.75, 3.05) is 0 Å². The van der Waals surface area contributed by atoms with Crippen molar-refractivity contribution in [1.82, 2.24) is 4.57 Å². The van der Waals surface area contributed by atoms with E-state index in [2.05, 4.69) is 17.2 Å². The van der Waals surface area contributed by atoms with Gasteiger partial charge in [-0.15, -0.1) is 10.2 Å². The molecular formula is C29H23N3O4. The smallest absolute Gasteiger partial charge is 0.335 e. The number of phenols is 1. The molecule has 0 unspecified atom stereocenters. The van der Waals surface area contributed by atoms with Crippen LogP contribution < -0.4 is 0 Å². The lowest BCUT2D eigenvalue weighted by Gasteiger charge is -2.08. The van der Waals surface area contributed by atoms with Gasteiger partial charge in [0, 0.05) is 16.6 Å². The van der Waals surface area contributed by atoms with E-state index in [1.807, 2.05) is 48.5 Å². The van der Waals surface area contributed by atoms with E-state index >= 15 is 0 Å². The van der Waals surface area contributed by atoms with E-state index in [1.54, 1.807) is 34.9 Å². The zero-order chi connectivity index (χ0) is 25.2. The number of hydrogen-bond donors (Lipinski definition) is 3. The van der Waals surface area contributed by atoms with Crippen LogP contribution in [0.25, 0.3) is 27.7 Å². The highest BCUT2D eigenvalue weighted by Gasteiger charge is 2.18. The van der Waals surface area contributed by atoms with Crippen LogP contribution in [0.2, 0.25) is 0 Å². The van der Waals surface area contributed by atoms with Gasteiger partial charge in [0.25, 0.3) is 0 Å². The minimum absolute atomic E-state index is 0.0611. The Labute approximate surface area is 207 Å². The number of azo groups is 1. The molecule has 0 fully saturated rings. The predicted octanol–water partition coefficient (Wildman–Crippen LogP) is 7.38. The fourth-order valence-corrected chi connectivity index (χ4v) is 4.22. The summed E-state index contributed by atoms with van der Waals surface area (Å²) in [5.74, 6) is -1.25. The molecule has 0 spiro atoms. The van der Waals surface area contributed by atoms with E-state index in [1.165, 1.54) is 17.7 Å². The molecule has 36 heavy (non-hydrogen) atoms. The third-order valence-electron chi connectivity index (χ3n) is 6.12. The number of carboxylic acids is 1. The van der Waals surface area contributed by atoms with Crippen molar-refractivity contribution in [2.45, 2.75) is 13.3 Å². The van der Waals surface area contributed by atoms with E-state index in [0.29, 0.717) is 16.5 Å². The van der Waals surface area contributed by atoms with Crippen LogP contribution >= 0.6 is 0 Å². The summed E-state index contributed by atoms with van der Waals surface area (Å²) >= 11 is 0. The van der Waals surface area contributed by atoms with Crippen LogP contribution in [0.1, 0.15) is 22.8 Å². The average molecular weight is 478 g/mol. The Balaban J connectivity index is 1.58. The Bertz CT molecular complexity index is 1620. The number of fused-ring (bicyclic) bond motifs is 1. The predicted molar refractivity (Wildman–Crippen MR) is 139 cm³/mol. The summed E-state index contributed by atoms with van der Waals surface area (Å²) in [6.07, 6.45) is 0.918. The highest BCUT2D eigenvalue weighted by Crippen LogP contribution is 2.43. The molecule has 4 aromatic carbocycles. The van der Waals surface area contributed by atoms with Gasteiger partial charge in [-0.3, -0.25) is 4.57 Å². The molecule has 0 aliphatic heterocycles. The van der Waals surface area contributed by atoms with Crippen LogP contribution in [-0.4, -0.2) is 25.9 Å². The number of nitrogens with zero attached hydrogens (tertiary/aromatic N) is 3. The van der Waals surface area contributed by atoms with E-state index in [-0.39, 0.29) is 28.6 Å². The van der Waals surface area contributed by atoms with E-state index in [0.717, 1.165) is 17.6 Å². The van der Waals surface area contributed by atoms with Crippen molar-refractivity contribution in [3.8, 4) is 28.4 Å². The molecule has 0 aliphatic rings. The highest BCUT2D eigenvalue weighted by molar-refractivity contribution is 5.96. The maximum atomic E-state index is 11.3. The molecular weight excluding hydrogens is 454 g/mol. The fourth-order valence-electron chi connectivity index (χ4n) is 4.22. The van der Waals surface area contributed by atoms with Gasteiger partial charge in [-0.05, 0) is 53.9 Å². The Morgan fingerprint density at radius 1 is 0.861 bits per heavy atom. The maximum Gasteiger partial charge on any atom is 0.335 e. The SMILES string of the molecule is CCc1ccc(-n2c(O)c(N=Nc3cccc(-c4cccc(C(=O)O)c4)c3O)c3ccccc32)cc1. The normalized spacial score (nSPS) is 11.4. The number of carbonyl (C=O) groups is 1. The largest absolute Gasteiger partial charge is 0.505 e. The minimum Gasteiger partial charge on any atom is -0.505 e. The summed E-state index contributed by atoms with van der Waals surface area (Å²) in [7, 11) is 0. The molecule has 5 aromatic rings. The quantitative estimate of drug-likeness (QED) is 0.222. The lowest BCUT2D eigenvalue weighted by molar-refractivity contribution is 0.0697. The number of para-hydroxylation sites is 2. The van der Waals surface area contributed by atoms with Gasteiger partial charge in [0.05, 0.1) is 11.1 Å². The number of carboxylic acid groups (broad SMARTS) is 1. The van der Waals surface area contributed by atoms with Crippen LogP contribution in [0.4, 0.5) is 11.4 Å². The summed E-state index contributed by atoms with van der Waals surface area (Å²) in [5.41, 5.74) is 4.32. The molecule has 0 radical (unpaired) electrons. The Morgan fingerprint density at radius 3 is 2.36 bits per heavy atom. The zero-order valence-electron chi connectivity index (χ0n) is 19.5. The number of aromatic carboxylic acids is 1.